The zero-order valence-electron chi connectivity index (χ0n) is 53.5. The molecule has 0 aliphatic carbocycles. The van der Waals surface area contributed by atoms with Gasteiger partial charge in [0.2, 0.25) is 20.1 Å². The van der Waals surface area contributed by atoms with Crippen LogP contribution < -0.4 is 65.6 Å². The number of pyridine rings is 2. The van der Waals surface area contributed by atoms with Gasteiger partial charge in [-0.2, -0.15) is 11.5 Å². The standard InChI is InChI=1S/C84H64B4N4.Pt/c1-51-23-19-24-52(2)80(51)85-67-33-11-12-34-68(67)86(81-53(3)25-20-26-54(81)4)72-45-59(40-41-71(72)85)60-42-44-90-79(46-60)92-76-39-16-10-32-63(76)65-49-64-62-31-9-15-38-75(62)91(77(64)50-78(65)92)61-47-66(74-37-17-18-43-89-74)84-73(48-61)87(82-55(5)27-21-28-56(82)6)69-35-13-14-36-70(69)88(84)83-57(7)29-22-30-58(83)8;/h9-46,48-49H,1-8H3;/q-2;+2. The van der Waals surface area contributed by atoms with Gasteiger partial charge in [0, 0.05) is 23.4 Å². The summed E-state index contributed by atoms with van der Waals surface area (Å²) in [5.74, 6) is 0.833. The summed E-state index contributed by atoms with van der Waals surface area (Å²) in [6, 6.07) is 94.6. The summed E-state index contributed by atoms with van der Waals surface area (Å²) in [5, 5.41) is 4.55. The Kier molecular flexibility index (Phi) is 14.3. The molecule has 4 nitrogen and oxygen atoms in total. The van der Waals surface area contributed by atoms with Crippen molar-refractivity contribution in [3.63, 3.8) is 0 Å². The van der Waals surface area contributed by atoms with Crippen molar-refractivity contribution in [1.82, 2.24) is 19.1 Å². The Hall–Kier alpha value is -9.73. The molecule has 6 heterocycles. The van der Waals surface area contributed by atoms with Crippen molar-refractivity contribution < 1.29 is 21.1 Å². The van der Waals surface area contributed by atoms with Gasteiger partial charge in [-0.1, -0.05) is 298 Å². The van der Waals surface area contributed by atoms with E-state index in [0.29, 0.717) is 0 Å². The van der Waals surface area contributed by atoms with E-state index >= 15 is 0 Å². The number of benzene rings is 11. The first-order valence-electron chi connectivity index (χ1n) is 32.4. The van der Waals surface area contributed by atoms with Crippen molar-refractivity contribution in [2.24, 2.45) is 0 Å². The summed E-state index contributed by atoms with van der Waals surface area (Å²) in [6.07, 6.45) is 3.93. The van der Waals surface area contributed by atoms with Crippen LogP contribution in [0.3, 0.4) is 0 Å². The number of hydrogen-bond donors (Lipinski definition) is 0. The number of aryl methyl sites for hydroxylation is 8. The topological polar surface area (TPSA) is 35.6 Å². The maximum Gasteiger partial charge on any atom is 2.00 e. The molecule has 0 atom stereocenters. The van der Waals surface area contributed by atoms with Crippen molar-refractivity contribution in [2.45, 2.75) is 55.4 Å². The number of rotatable bonds is 8. The van der Waals surface area contributed by atoms with Crippen LogP contribution in [0.15, 0.2) is 243 Å². The van der Waals surface area contributed by atoms with Gasteiger partial charge < -0.3 is 14.1 Å². The zero-order valence-corrected chi connectivity index (χ0v) is 55.8. The normalized spacial score (nSPS) is 12.6. The number of aromatic nitrogens is 4. The summed E-state index contributed by atoms with van der Waals surface area (Å²) >= 11 is 0. The third-order valence-electron chi connectivity index (χ3n) is 20.8. The molecule has 0 spiro atoms. The summed E-state index contributed by atoms with van der Waals surface area (Å²) in [7, 11) is 0. The van der Waals surface area contributed by atoms with E-state index < -0.39 is 0 Å². The second kappa shape index (κ2) is 22.8. The van der Waals surface area contributed by atoms with Gasteiger partial charge >= 0.3 is 21.1 Å². The summed E-state index contributed by atoms with van der Waals surface area (Å²) in [6.45, 7) is 18.2. The molecule has 9 heteroatoms. The first-order valence-corrected chi connectivity index (χ1v) is 32.4. The van der Waals surface area contributed by atoms with Crippen LogP contribution in [0.2, 0.25) is 0 Å². The molecular formula is C84H64B4N4Pt. The molecule has 442 valence electrons. The summed E-state index contributed by atoms with van der Waals surface area (Å²) < 4.78 is 4.78. The van der Waals surface area contributed by atoms with Gasteiger partial charge in [-0.05, 0) is 119 Å². The van der Waals surface area contributed by atoms with Crippen molar-refractivity contribution in [1.29, 1.82) is 0 Å². The molecule has 11 aromatic carbocycles. The largest absolute Gasteiger partial charge is 2.00 e. The van der Waals surface area contributed by atoms with Crippen molar-refractivity contribution in [2.75, 3.05) is 0 Å². The molecule has 15 aromatic rings. The van der Waals surface area contributed by atoms with Crippen LogP contribution in [0, 0.1) is 67.5 Å². The molecule has 0 amide bonds. The van der Waals surface area contributed by atoms with Gasteiger partial charge in [0.15, 0.2) is 6.71 Å². The third-order valence-corrected chi connectivity index (χ3v) is 20.8. The molecule has 0 bridgehead atoms. The number of nitrogens with zero attached hydrogens (tertiary/aromatic N) is 4. The quantitative estimate of drug-likeness (QED) is 0.112. The van der Waals surface area contributed by atoms with Crippen LogP contribution in [0.4, 0.5) is 0 Å². The van der Waals surface area contributed by atoms with E-state index in [-0.39, 0.29) is 47.9 Å². The average Bonchev–Trinajstić information content (AvgIpc) is 1.70. The fourth-order valence-electron chi connectivity index (χ4n) is 16.9. The maximum atomic E-state index is 5.32. The smallest absolute Gasteiger partial charge is 0.352 e. The van der Waals surface area contributed by atoms with E-state index in [2.05, 4.69) is 301 Å². The van der Waals surface area contributed by atoms with E-state index in [1.54, 1.807) is 0 Å². The fraction of sp³-hybridized carbons (Fsp3) is 0.0952. The average molecular weight is 1370 g/mol. The Morgan fingerprint density at radius 2 is 0.731 bits per heavy atom. The Bertz CT molecular complexity index is 5490. The van der Waals surface area contributed by atoms with Crippen molar-refractivity contribution in [3.8, 4) is 33.9 Å². The molecule has 93 heavy (non-hydrogen) atoms. The fourth-order valence-corrected chi connectivity index (χ4v) is 16.9. The van der Waals surface area contributed by atoms with Crippen LogP contribution in [-0.4, -0.2) is 46.0 Å². The van der Waals surface area contributed by atoms with Crippen molar-refractivity contribution in [3.05, 3.63) is 300 Å². The molecule has 4 aromatic heterocycles. The van der Waals surface area contributed by atoms with Crippen LogP contribution in [0.25, 0.3) is 77.5 Å². The van der Waals surface area contributed by atoms with Gasteiger partial charge in [-0.3, -0.25) is 0 Å². The van der Waals surface area contributed by atoms with Crippen molar-refractivity contribution >= 4 is 136 Å². The van der Waals surface area contributed by atoms with Gasteiger partial charge in [0.1, 0.15) is 5.82 Å². The first kappa shape index (κ1) is 58.4. The van der Waals surface area contributed by atoms with Crippen LogP contribution in [0.1, 0.15) is 44.5 Å². The minimum atomic E-state index is -0.0787. The second-order valence-electron chi connectivity index (χ2n) is 26.1. The maximum absolute atomic E-state index is 5.32. The monoisotopic (exact) mass is 1370 g/mol. The van der Waals surface area contributed by atoms with Crippen LogP contribution >= 0.6 is 0 Å². The molecule has 17 rings (SSSR count). The predicted octanol–water partition coefficient (Wildman–Crippen LogP) is 10.8. The van der Waals surface area contributed by atoms with E-state index in [1.165, 1.54) is 110 Å². The molecule has 0 unspecified atom stereocenters. The molecule has 0 N–H and O–H groups in total. The molecular weight excluding hydrogens is 1300 g/mol. The Morgan fingerprint density at radius 3 is 1.26 bits per heavy atom. The molecule has 0 fully saturated rings. The Balaban J connectivity index is 0.00000686. The summed E-state index contributed by atoms with van der Waals surface area (Å²) in [4.78, 5) is 10.5. The van der Waals surface area contributed by atoms with Crippen LogP contribution in [0.5, 0.6) is 0 Å². The predicted molar refractivity (Wildman–Crippen MR) is 394 cm³/mol. The minimum absolute atomic E-state index is 0. The molecule has 2 aliphatic heterocycles. The van der Waals surface area contributed by atoms with Gasteiger partial charge in [0.05, 0.1) is 0 Å². The summed E-state index contributed by atoms with van der Waals surface area (Å²) in [5.41, 5.74) is 35.6. The van der Waals surface area contributed by atoms with Crippen LogP contribution in [-0.2, 0) is 21.1 Å². The van der Waals surface area contributed by atoms with E-state index in [9.17, 15) is 0 Å². The SMILES string of the molecule is Cc1cccc(C)c1B1c2ccccc2B(c2c(C)cccc2C)c2cc(-c3ccnc(-n4c5[c-]c6c(cc5c5ccccc54)c4ccccc4n6-c4[c-]c(-c5ccccn5)c5c(c4)B(c4c(C)cccc4C)c4ccccc4B5c4c(C)cccc4C)c3)ccc21.[Pt+2]. The minimum Gasteiger partial charge on any atom is -0.352 e. The number of hydrogen-bond acceptors (Lipinski definition) is 2. The molecule has 2 aliphatic rings. The number of fused-ring (bicyclic) bond motifs is 10. The molecule has 0 radical (unpaired) electrons. The van der Waals surface area contributed by atoms with Gasteiger partial charge in [-0.15, -0.1) is 40.0 Å². The zero-order chi connectivity index (χ0) is 62.2. The van der Waals surface area contributed by atoms with E-state index in [1.807, 2.05) is 18.5 Å². The third kappa shape index (κ3) is 9.11. The Labute approximate surface area is 561 Å². The van der Waals surface area contributed by atoms with E-state index in [0.717, 1.165) is 77.5 Å². The number of para-hydroxylation sites is 2. The van der Waals surface area contributed by atoms with E-state index in [4.69, 9.17) is 9.97 Å². The van der Waals surface area contributed by atoms with Gasteiger partial charge in [-0.25, -0.2) is 4.98 Å². The second-order valence-corrected chi connectivity index (χ2v) is 26.1. The molecule has 0 saturated carbocycles. The Morgan fingerprint density at radius 1 is 0.301 bits per heavy atom. The molecule has 0 saturated heterocycles. The van der Waals surface area contributed by atoms with Gasteiger partial charge in [0.25, 0.3) is 0 Å². The first-order chi connectivity index (χ1) is 45.0.